The molecule has 6 heteroatoms. The first-order valence-electron chi connectivity index (χ1n) is 6.71. The van der Waals surface area contributed by atoms with Crippen LogP contribution in [-0.4, -0.2) is 38.8 Å². The summed E-state index contributed by atoms with van der Waals surface area (Å²) in [6.07, 6.45) is 7.14. The molecule has 1 amide bonds. The van der Waals surface area contributed by atoms with Crippen LogP contribution in [0.15, 0.2) is 24.1 Å². The van der Waals surface area contributed by atoms with Gasteiger partial charge in [-0.05, 0) is 19.8 Å². The summed E-state index contributed by atoms with van der Waals surface area (Å²) >= 11 is 1.42. The number of hydrogen-bond donors (Lipinski definition) is 0. The minimum Gasteiger partial charge on any atom is -0.338 e. The molecule has 0 bridgehead atoms. The van der Waals surface area contributed by atoms with Crippen molar-refractivity contribution in [2.24, 2.45) is 0 Å². The zero-order valence-corrected chi connectivity index (χ0v) is 12.1. The lowest BCUT2D eigenvalue weighted by molar-refractivity contribution is 0.0716. The second kappa shape index (κ2) is 5.66. The van der Waals surface area contributed by atoms with E-state index in [2.05, 4.69) is 15.0 Å². The molecule has 0 aromatic carbocycles. The van der Waals surface area contributed by atoms with E-state index < -0.39 is 0 Å². The maximum absolute atomic E-state index is 12.4. The predicted molar refractivity (Wildman–Crippen MR) is 76.8 cm³/mol. The van der Waals surface area contributed by atoms with Crippen LogP contribution in [0.2, 0.25) is 0 Å². The highest BCUT2D eigenvalue weighted by Crippen LogP contribution is 2.27. The first-order valence-corrected chi connectivity index (χ1v) is 7.59. The number of thiazole rings is 1. The van der Waals surface area contributed by atoms with Crippen molar-refractivity contribution in [2.75, 3.05) is 13.1 Å². The molecule has 0 unspecified atom stereocenters. The molecule has 0 radical (unpaired) electrons. The van der Waals surface area contributed by atoms with Crippen molar-refractivity contribution in [1.82, 2.24) is 19.9 Å². The SMILES string of the molecule is Cc1ncsc1C(=O)N1CCC(c2cnccn2)CC1. The first-order chi connectivity index (χ1) is 9.75. The van der Waals surface area contributed by atoms with Gasteiger partial charge in [-0.25, -0.2) is 4.98 Å². The Morgan fingerprint density at radius 2 is 2.10 bits per heavy atom. The molecule has 1 fully saturated rings. The number of likely N-dealkylation sites (tertiary alicyclic amines) is 1. The fourth-order valence-electron chi connectivity index (χ4n) is 2.55. The Morgan fingerprint density at radius 1 is 1.30 bits per heavy atom. The Bertz CT molecular complexity index is 590. The van der Waals surface area contributed by atoms with Crippen LogP contribution in [0.3, 0.4) is 0 Å². The van der Waals surface area contributed by atoms with Crippen LogP contribution >= 0.6 is 11.3 Å². The zero-order valence-electron chi connectivity index (χ0n) is 11.3. The maximum atomic E-state index is 12.4. The van der Waals surface area contributed by atoms with Gasteiger partial charge in [0.2, 0.25) is 0 Å². The number of amides is 1. The lowest BCUT2D eigenvalue weighted by atomic mass is 9.93. The van der Waals surface area contributed by atoms with E-state index in [-0.39, 0.29) is 5.91 Å². The highest BCUT2D eigenvalue weighted by molar-refractivity contribution is 7.11. The molecule has 1 aliphatic rings. The second-order valence-corrected chi connectivity index (χ2v) is 5.82. The summed E-state index contributed by atoms with van der Waals surface area (Å²) in [6, 6.07) is 0. The van der Waals surface area contributed by atoms with Crippen LogP contribution in [0.25, 0.3) is 0 Å². The van der Waals surface area contributed by atoms with E-state index in [0.29, 0.717) is 5.92 Å². The third-order valence-corrected chi connectivity index (χ3v) is 4.64. The van der Waals surface area contributed by atoms with E-state index in [1.807, 2.05) is 18.0 Å². The summed E-state index contributed by atoms with van der Waals surface area (Å²) in [6.45, 7) is 3.44. The smallest absolute Gasteiger partial charge is 0.265 e. The molecular formula is C14H16N4OS. The van der Waals surface area contributed by atoms with Gasteiger partial charge in [-0.2, -0.15) is 0 Å². The number of aryl methyl sites for hydroxylation is 1. The van der Waals surface area contributed by atoms with Crippen molar-refractivity contribution in [3.8, 4) is 0 Å². The van der Waals surface area contributed by atoms with Crippen LogP contribution in [0.5, 0.6) is 0 Å². The lowest BCUT2D eigenvalue weighted by Crippen LogP contribution is -2.38. The summed E-state index contributed by atoms with van der Waals surface area (Å²) in [4.78, 5) is 27.7. The van der Waals surface area contributed by atoms with E-state index in [4.69, 9.17) is 0 Å². The summed E-state index contributed by atoms with van der Waals surface area (Å²) in [5, 5.41) is 0. The maximum Gasteiger partial charge on any atom is 0.265 e. The number of aromatic nitrogens is 3. The third kappa shape index (κ3) is 2.56. The average Bonchev–Trinajstić information content (AvgIpc) is 2.94. The molecule has 3 heterocycles. The molecule has 0 aliphatic carbocycles. The van der Waals surface area contributed by atoms with Crippen molar-refractivity contribution < 1.29 is 4.79 Å². The molecule has 0 N–H and O–H groups in total. The quantitative estimate of drug-likeness (QED) is 0.850. The summed E-state index contributed by atoms with van der Waals surface area (Å²) < 4.78 is 0. The minimum absolute atomic E-state index is 0.114. The molecule has 0 atom stereocenters. The molecule has 2 aromatic heterocycles. The van der Waals surface area contributed by atoms with Gasteiger partial charge in [0.25, 0.3) is 5.91 Å². The van der Waals surface area contributed by atoms with Crippen molar-refractivity contribution in [1.29, 1.82) is 0 Å². The van der Waals surface area contributed by atoms with Gasteiger partial charge in [-0.3, -0.25) is 14.8 Å². The molecular weight excluding hydrogens is 272 g/mol. The number of carbonyl (C=O) groups excluding carboxylic acids is 1. The highest BCUT2D eigenvalue weighted by atomic mass is 32.1. The van der Waals surface area contributed by atoms with E-state index in [1.54, 1.807) is 17.9 Å². The van der Waals surface area contributed by atoms with E-state index in [0.717, 1.165) is 42.2 Å². The standard InChI is InChI=1S/C14H16N4OS/c1-10-13(20-9-17-10)14(19)18-6-2-11(3-7-18)12-8-15-4-5-16-12/h4-5,8-9,11H,2-3,6-7H2,1H3. The van der Waals surface area contributed by atoms with Crippen LogP contribution in [0.4, 0.5) is 0 Å². The Balaban J connectivity index is 1.64. The molecule has 20 heavy (non-hydrogen) atoms. The number of piperidine rings is 1. The van der Waals surface area contributed by atoms with Crippen molar-refractivity contribution in [3.63, 3.8) is 0 Å². The topological polar surface area (TPSA) is 59.0 Å². The highest BCUT2D eigenvalue weighted by Gasteiger charge is 2.26. The summed E-state index contributed by atoms with van der Waals surface area (Å²) in [7, 11) is 0. The number of carbonyl (C=O) groups is 1. The van der Waals surface area contributed by atoms with Crippen LogP contribution in [0, 0.1) is 6.92 Å². The Hall–Kier alpha value is -1.82. The first kappa shape index (κ1) is 13.2. The molecule has 0 saturated carbocycles. The molecule has 3 rings (SSSR count). The number of nitrogens with zero attached hydrogens (tertiary/aromatic N) is 4. The Morgan fingerprint density at radius 3 is 2.70 bits per heavy atom. The molecule has 0 spiro atoms. The van der Waals surface area contributed by atoms with Gasteiger partial charge in [0.1, 0.15) is 4.88 Å². The van der Waals surface area contributed by atoms with Crippen molar-refractivity contribution >= 4 is 17.2 Å². The van der Waals surface area contributed by atoms with Crippen molar-refractivity contribution in [3.05, 3.63) is 40.4 Å². The third-order valence-electron chi connectivity index (χ3n) is 3.72. The normalized spacial score (nSPS) is 16.4. The number of rotatable bonds is 2. The number of hydrogen-bond acceptors (Lipinski definition) is 5. The van der Waals surface area contributed by atoms with Gasteiger partial charge in [0, 0.05) is 37.6 Å². The zero-order chi connectivity index (χ0) is 13.9. The minimum atomic E-state index is 0.114. The van der Waals surface area contributed by atoms with Gasteiger partial charge in [-0.1, -0.05) is 0 Å². The van der Waals surface area contributed by atoms with Gasteiger partial charge in [0.05, 0.1) is 16.9 Å². The van der Waals surface area contributed by atoms with Gasteiger partial charge < -0.3 is 4.90 Å². The largest absolute Gasteiger partial charge is 0.338 e. The van der Waals surface area contributed by atoms with Crippen LogP contribution < -0.4 is 0 Å². The lowest BCUT2D eigenvalue weighted by Gasteiger charge is -2.31. The second-order valence-electron chi connectivity index (χ2n) is 4.96. The van der Waals surface area contributed by atoms with Gasteiger partial charge in [-0.15, -0.1) is 11.3 Å². The fourth-order valence-corrected chi connectivity index (χ4v) is 3.32. The Labute approximate surface area is 121 Å². The Kier molecular flexibility index (Phi) is 3.73. The van der Waals surface area contributed by atoms with Gasteiger partial charge >= 0.3 is 0 Å². The van der Waals surface area contributed by atoms with Crippen molar-refractivity contribution in [2.45, 2.75) is 25.7 Å². The van der Waals surface area contributed by atoms with E-state index >= 15 is 0 Å². The summed E-state index contributed by atoms with van der Waals surface area (Å²) in [5.74, 6) is 0.526. The predicted octanol–water partition coefficient (Wildman–Crippen LogP) is 2.26. The van der Waals surface area contributed by atoms with Gasteiger partial charge in [0.15, 0.2) is 0 Å². The van der Waals surface area contributed by atoms with Crippen LogP contribution in [0.1, 0.15) is 39.8 Å². The molecule has 2 aromatic rings. The molecule has 1 saturated heterocycles. The van der Waals surface area contributed by atoms with E-state index in [9.17, 15) is 4.79 Å². The molecule has 1 aliphatic heterocycles. The molecule has 5 nitrogen and oxygen atoms in total. The average molecular weight is 288 g/mol. The van der Waals surface area contributed by atoms with E-state index in [1.165, 1.54) is 11.3 Å². The monoisotopic (exact) mass is 288 g/mol. The fraction of sp³-hybridized carbons (Fsp3) is 0.429. The summed E-state index contributed by atoms with van der Waals surface area (Å²) in [5.41, 5.74) is 3.60. The van der Waals surface area contributed by atoms with Crippen LogP contribution in [-0.2, 0) is 0 Å². The molecule has 104 valence electrons.